The minimum atomic E-state index is -0.946. The second-order valence-corrected chi connectivity index (χ2v) is 9.03. The first-order chi connectivity index (χ1) is 13.1. The van der Waals surface area contributed by atoms with Gasteiger partial charge in [0.1, 0.15) is 5.60 Å². The summed E-state index contributed by atoms with van der Waals surface area (Å²) in [6.45, 7) is 8.14. The minimum absolute atomic E-state index is 0. The molecule has 0 aliphatic carbocycles. The number of halogens is 1. The fourth-order valence-corrected chi connectivity index (χ4v) is 5.02. The molecule has 3 heterocycles. The zero-order chi connectivity index (χ0) is 19.1. The first kappa shape index (κ1) is 23.6. The molecule has 0 radical (unpaired) electrons. The summed E-state index contributed by atoms with van der Waals surface area (Å²) >= 11 is 3.38. The molecule has 156 valence electrons. The maximum Gasteiger partial charge on any atom is 0.191 e. The van der Waals surface area contributed by atoms with Gasteiger partial charge in [0.25, 0.3) is 0 Å². The quantitative estimate of drug-likeness (QED) is 0.272. The highest BCUT2D eigenvalue weighted by molar-refractivity contribution is 14.0. The summed E-state index contributed by atoms with van der Waals surface area (Å²) in [7, 11) is 0. The number of guanidine groups is 1. The van der Waals surface area contributed by atoms with E-state index in [4.69, 9.17) is 0 Å². The SMILES string of the molecule is CCNC(=NCC(C)(O)c1cccs1)NCC(c1cccs1)N1CCCC1.I. The van der Waals surface area contributed by atoms with Crippen LogP contribution in [-0.2, 0) is 5.60 Å². The van der Waals surface area contributed by atoms with Gasteiger partial charge in [-0.25, -0.2) is 4.99 Å². The molecule has 0 bridgehead atoms. The number of aliphatic imine (C=N–C) groups is 1. The van der Waals surface area contributed by atoms with Gasteiger partial charge in [-0.3, -0.25) is 4.90 Å². The summed E-state index contributed by atoms with van der Waals surface area (Å²) in [5.41, 5.74) is -0.946. The van der Waals surface area contributed by atoms with Crippen LogP contribution >= 0.6 is 46.7 Å². The van der Waals surface area contributed by atoms with Gasteiger partial charge < -0.3 is 15.7 Å². The molecule has 0 spiro atoms. The summed E-state index contributed by atoms with van der Waals surface area (Å²) in [5.74, 6) is 0.759. The van der Waals surface area contributed by atoms with Crippen molar-refractivity contribution >= 4 is 52.6 Å². The van der Waals surface area contributed by atoms with E-state index in [0.717, 1.165) is 37.0 Å². The highest BCUT2D eigenvalue weighted by atomic mass is 127. The van der Waals surface area contributed by atoms with Crippen LogP contribution in [0.25, 0.3) is 0 Å². The Kier molecular flexibility index (Phi) is 9.68. The Morgan fingerprint density at radius 3 is 2.54 bits per heavy atom. The fourth-order valence-electron chi connectivity index (χ4n) is 3.37. The molecule has 2 unspecified atom stereocenters. The highest BCUT2D eigenvalue weighted by Crippen LogP contribution is 2.28. The van der Waals surface area contributed by atoms with Gasteiger partial charge in [0, 0.05) is 22.8 Å². The van der Waals surface area contributed by atoms with Gasteiger partial charge in [-0.15, -0.1) is 46.7 Å². The van der Waals surface area contributed by atoms with Crippen molar-refractivity contribution in [1.29, 1.82) is 0 Å². The Morgan fingerprint density at radius 2 is 1.93 bits per heavy atom. The molecule has 0 aromatic carbocycles. The van der Waals surface area contributed by atoms with Crippen LogP contribution in [0.5, 0.6) is 0 Å². The van der Waals surface area contributed by atoms with Crippen LogP contribution in [-0.4, -0.2) is 48.7 Å². The van der Waals surface area contributed by atoms with Crippen LogP contribution in [0.1, 0.15) is 42.5 Å². The molecule has 2 aromatic heterocycles. The first-order valence-electron chi connectivity index (χ1n) is 9.66. The van der Waals surface area contributed by atoms with Crippen LogP contribution in [0.15, 0.2) is 40.0 Å². The largest absolute Gasteiger partial charge is 0.383 e. The summed E-state index contributed by atoms with van der Waals surface area (Å²) < 4.78 is 0. The number of rotatable bonds is 8. The maximum absolute atomic E-state index is 10.7. The second-order valence-electron chi connectivity index (χ2n) is 7.10. The topological polar surface area (TPSA) is 59.9 Å². The monoisotopic (exact) mass is 534 g/mol. The number of nitrogens with one attached hydrogen (secondary N) is 2. The Morgan fingerprint density at radius 1 is 1.21 bits per heavy atom. The maximum atomic E-state index is 10.7. The molecule has 8 heteroatoms. The molecular weight excluding hydrogens is 503 g/mol. The van der Waals surface area contributed by atoms with Gasteiger partial charge in [0.2, 0.25) is 0 Å². The summed E-state index contributed by atoms with van der Waals surface area (Å²) in [4.78, 5) is 9.55. The van der Waals surface area contributed by atoms with E-state index in [1.165, 1.54) is 17.7 Å². The van der Waals surface area contributed by atoms with Crippen LogP contribution in [0, 0.1) is 0 Å². The smallest absolute Gasteiger partial charge is 0.191 e. The van der Waals surface area contributed by atoms with Gasteiger partial charge >= 0.3 is 0 Å². The van der Waals surface area contributed by atoms with Gasteiger partial charge in [0.05, 0.1) is 12.6 Å². The summed E-state index contributed by atoms with van der Waals surface area (Å²) in [6.07, 6.45) is 2.55. The van der Waals surface area contributed by atoms with Gasteiger partial charge in [-0.2, -0.15) is 0 Å². The normalized spacial score (nSPS) is 18.3. The van der Waals surface area contributed by atoms with Gasteiger partial charge in [-0.1, -0.05) is 12.1 Å². The number of nitrogens with zero attached hydrogens (tertiary/aromatic N) is 2. The third-order valence-electron chi connectivity index (χ3n) is 4.86. The molecule has 2 atom stereocenters. The van der Waals surface area contributed by atoms with Crippen molar-refractivity contribution in [2.75, 3.05) is 32.7 Å². The molecule has 0 saturated carbocycles. The third kappa shape index (κ3) is 6.41. The van der Waals surface area contributed by atoms with E-state index in [9.17, 15) is 5.11 Å². The van der Waals surface area contributed by atoms with E-state index in [-0.39, 0.29) is 24.0 Å². The van der Waals surface area contributed by atoms with E-state index >= 15 is 0 Å². The zero-order valence-corrected chi connectivity index (χ0v) is 20.5. The van der Waals surface area contributed by atoms with E-state index in [1.807, 2.05) is 35.8 Å². The van der Waals surface area contributed by atoms with Crippen LogP contribution < -0.4 is 10.6 Å². The summed E-state index contributed by atoms with van der Waals surface area (Å²) in [6, 6.07) is 8.64. The van der Waals surface area contributed by atoms with Crippen molar-refractivity contribution in [1.82, 2.24) is 15.5 Å². The predicted molar refractivity (Wildman–Crippen MR) is 131 cm³/mol. The van der Waals surface area contributed by atoms with Gasteiger partial charge in [0.15, 0.2) is 5.96 Å². The molecule has 3 N–H and O–H groups in total. The molecule has 2 aromatic rings. The molecule has 0 amide bonds. The molecule has 1 fully saturated rings. The van der Waals surface area contributed by atoms with Crippen molar-refractivity contribution in [2.45, 2.75) is 38.3 Å². The lowest BCUT2D eigenvalue weighted by molar-refractivity contribution is 0.0711. The average molecular weight is 535 g/mol. The molecule has 1 aliphatic rings. The number of hydrogen-bond acceptors (Lipinski definition) is 5. The number of likely N-dealkylation sites (tertiary alicyclic amines) is 1. The highest BCUT2D eigenvalue weighted by Gasteiger charge is 2.26. The van der Waals surface area contributed by atoms with Crippen molar-refractivity contribution in [3.8, 4) is 0 Å². The molecular formula is C20H31IN4OS2. The molecule has 1 aliphatic heterocycles. The Labute approximate surface area is 193 Å². The van der Waals surface area contributed by atoms with E-state index in [1.54, 1.807) is 11.3 Å². The predicted octanol–water partition coefficient (Wildman–Crippen LogP) is 4.03. The molecule has 3 rings (SSSR count). The van der Waals surface area contributed by atoms with E-state index < -0.39 is 5.60 Å². The second kappa shape index (κ2) is 11.5. The summed E-state index contributed by atoms with van der Waals surface area (Å²) in [5, 5.41) is 21.7. The fraction of sp³-hybridized carbons (Fsp3) is 0.550. The van der Waals surface area contributed by atoms with Crippen molar-refractivity contribution in [2.24, 2.45) is 4.99 Å². The lowest BCUT2D eigenvalue weighted by Gasteiger charge is -2.28. The minimum Gasteiger partial charge on any atom is -0.383 e. The first-order valence-corrected chi connectivity index (χ1v) is 11.4. The third-order valence-corrected chi connectivity index (χ3v) is 6.95. The molecule has 5 nitrogen and oxygen atoms in total. The molecule has 1 saturated heterocycles. The van der Waals surface area contributed by atoms with E-state index in [0.29, 0.717) is 12.6 Å². The standard InChI is InChI=1S/C20H30N4OS2.HI/c1-3-21-19(23-15-20(2,25)18-9-7-13-27-18)22-14-16(17-8-6-12-26-17)24-10-4-5-11-24;/h6-9,12-13,16,25H,3-5,10-11,14-15H2,1-2H3,(H2,21,22,23);1H. The van der Waals surface area contributed by atoms with Gasteiger partial charge in [-0.05, 0) is 62.7 Å². The Hall–Kier alpha value is -0.680. The van der Waals surface area contributed by atoms with Crippen LogP contribution in [0.2, 0.25) is 0 Å². The lowest BCUT2D eigenvalue weighted by Crippen LogP contribution is -2.43. The van der Waals surface area contributed by atoms with Crippen LogP contribution in [0.4, 0.5) is 0 Å². The Bertz CT molecular complexity index is 698. The average Bonchev–Trinajstić information content (AvgIpc) is 3.43. The lowest BCUT2D eigenvalue weighted by atomic mass is 10.1. The van der Waals surface area contributed by atoms with Crippen molar-refractivity contribution in [3.63, 3.8) is 0 Å². The van der Waals surface area contributed by atoms with E-state index in [2.05, 4.69) is 45.0 Å². The van der Waals surface area contributed by atoms with Crippen LogP contribution in [0.3, 0.4) is 0 Å². The zero-order valence-electron chi connectivity index (χ0n) is 16.6. The molecule has 28 heavy (non-hydrogen) atoms. The number of hydrogen-bond donors (Lipinski definition) is 3. The van der Waals surface area contributed by atoms with Crippen molar-refractivity contribution in [3.05, 3.63) is 44.8 Å². The van der Waals surface area contributed by atoms with Crippen molar-refractivity contribution < 1.29 is 5.11 Å². The Balaban J connectivity index is 0.00000280. The number of aliphatic hydroxyl groups is 1. The number of thiophene rings is 2.